The molecule has 0 spiro atoms. The first-order chi connectivity index (χ1) is 4.33. The summed E-state index contributed by atoms with van der Waals surface area (Å²) in [4.78, 5) is 0. The van der Waals surface area contributed by atoms with Gasteiger partial charge in [-0.3, -0.25) is 0 Å². The van der Waals surface area contributed by atoms with Gasteiger partial charge in [-0.05, 0) is 19.1 Å². The van der Waals surface area contributed by atoms with Crippen LogP contribution in [0.2, 0.25) is 0 Å². The average molecular weight is 159 g/mol. The number of rotatable bonds is 0. The first-order valence-corrected chi connectivity index (χ1v) is 2.79. The number of hydrogen-bond acceptors (Lipinski definition) is 1. The molecule has 0 radical (unpaired) electrons. The Kier molecular flexibility index (Phi) is 4.72. The zero-order valence-electron chi connectivity index (χ0n) is 7.96. The molecule has 0 amide bonds. The molecule has 0 aliphatic heterocycles. The quantitative estimate of drug-likeness (QED) is 0.529. The van der Waals surface area contributed by atoms with Gasteiger partial charge in [0.1, 0.15) is 0 Å². The SMILES string of the molecule is Cc1ccc(C#N)cc1.[Ca+2].[H-].[H-]. The van der Waals surface area contributed by atoms with E-state index in [1.54, 1.807) is 0 Å². The number of aryl methyl sites for hydroxylation is 1. The molecule has 1 aromatic rings. The third kappa shape index (κ3) is 2.70. The molecule has 0 aliphatic carbocycles. The summed E-state index contributed by atoms with van der Waals surface area (Å²) < 4.78 is 0. The Morgan fingerprint density at radius 3 is 2.20 bits per heavy atom. The molecule has 2 heteroatoms. The Hall–Kier alpha value is -0.0303. The van der Waals surface area contributed by atoms with Crippen molar-refractivity contribution in [2.75, 3.05) is 0 Å². The van der Waals surface area contributed by atoms with Crippen LogP contribution in [0.5, 0.6) is 0 Å². The molecule has 48 valence electrons. The predicted molar refractivity (Wildman–Crippen MR) is 43.9 cm³/mol. The van der Waals surface area contributed by atoms with E-state index in [4.69, 9.17) is 5.26 Å². The van der Waals surface area contributed by atoms with Gasteiger partial charge in [-0.25, -0.2) is 0 Å². The van der Waals surface area contributed by atoms with Crippen LogP contribution in [0, 0.1) is 18.3 Å². The minimum absolute atomic E-state index is 0. The topological polar surface area (TPSA) is 23.8 Å². The number of nitrogens with zero attached hydrogens (tertiary/aromatic N) is 1. The van der Waals surface area contributed by atoms with Gasteiger partial charge in [-0.2, -0.15) is 5.26 Å². The minimum Gasteiger partial charge on any atom is -1.00 e. The number of nitriles is 1. The zero-order valence-corrected chi connectivity index (χ0v) is 8.17. The van der Waals surface area contributed by atoms with E-state index in [0.29, 0.717) is 0 Å². The Morgan fingerprint density at radius 2 is 1.80 bits per heavy atom. The standard InChI is InChI=1S/C8H7N.Ca.2H/c1-7-2-4-8(6-9)5-3-7;;;/h2-5H,1H3;;;/q;+2;2*-1. The van der Waals surface area contributed by atoms with Crippen LogP contribution in [-0.4, -0.2) is 37.7 Å². The van der Waals surface area contributed by atoms with E-state index >= 15 is 0 Å². The maximum atomic E-state index is 8.38. The molecule has 1 aromatic carbocycles. The molecule has 0 aliphatic rings. The van der Waals surface area contributed by atoms with Crippen molar-refractivity contribution < 1.29 is 2.85 Å². The fourth-order valence-electron chi connectivity index (χ4n) is 0.628. The Labute approximate surface area is 93.6 Å². The van der Waals surface area contributed by atoms with E-state index in [0.717, 1.165) is 5.56 Å². The van der Waals surface area contributed by atoms with Crippen LogP contribution in [0.1, 0.15) is 14.0 Å². The molecule has 0 saturated carbocycles. The van der Waals surface area contributed by atoms with Gasteiger partial charge in [0.25, 0.3) is 0 Å². The molecule has 1 rings (SSSR count). The summed E-state index contributed by atoms with van der Waals surface area (Å²) in [6.45, 7) is 2.00. The molecule has 0 saturated heterocycles. The van der Waals surface area contributed by atoms with Crippen molar-refractivity contribution >= 4 is 37.7 Å². The molecule has 0 aromatic heterocycles. The molecular formula is C8H9CaN. The smallest absolute Gasteiger partial charge is 1.00 e. The molecule has 1 nitrogen and oxygen atoms in total. The van der Waals surface area contributed by atoms with Crippen LogP contribution in [0.15, 0.2) is 24.3 Å². The van der Waals surface area contributed by atoms with Crippen molar-refractivity contribution in [1.29, 1.82) is 5.26 Å². The van der Waals surface area contributed by atoms with Crippen molar-refractivity contribution in [2.24, 2.45) is 0 Å². The van der Waals surface area contributed by atoms with Gasteiger partial charge in [-0.1, -0.05) is 17.7 Å². The van der Waals surface area contributed by atoms with Crippen LogP contribution < -0.4 is 0 Å². The van der Waals surface area contributed by atoms with Gasteiger partial charge >= 0.3 is 37.7 Å². The Bertz CT molecular complexity index is 240. The summed E-state index contributed by atoms with van der Waals surface area (Å²) in [5.74, 6) is 0. The molecule has 10 heavy (non-hydrogen) atoms. The maximum Gasteiger partial charge on any atom is 2.00 e. The third-order valence-electron chi connectivity index (χ3n) is 1.18. The summed E-state index contributed by atoms with van der Waals surface area (Å²) in [7, 11) is 0. The van der Waals surface area contributed by atoms with Crippen LogP contribution in [0.25, 0.3) is 0 Å². The Balaban J connectivity index is -0.000000270. The average Bonchev–Trinajstić information content (AvgIpc) is 1.90. The van der Waals surface area contributed by atoms with Crippen molar-refractivity contribution in [3.63, 3.8) is 0 Å². The van der Waals surface area contributed by atoms with Gasteiger partial charge in [-0.15, -0.1) is 0 Å². The number of hydrogen-bond donors (Lipinski definition) is 0. The fraction of sp³-hybridized carbons (Fsp3) is 0.125. The maximum absolute atomic E-state index is 8.38. The molecule has 0 atom stereocenters. The molecule has 0 heterocycles. The van der Waals surface area contributed by atoms with Gasteiger partial charge in [0.15, 0.2) is 0 Å². The Morgan fingerprint density at radius 1 is 1.30 bits per heavy atom. The summed E-state index contributed by atoms with van der Waals surface area (Å²) >= 11 is 0. The zero-order chi connectivity index (χ0) is 6.69. The van der Waals surface area contributed by atoms with Crippen molar-refractivity contribution in [3.8, 4) is 6.07 Å². The first-order valence-electron chi connectivity index (χ1n) is 2.79. The van der Waals surface area contributed by atoms with E-state index in [-0.39, 0.29) is 40.6 Å². The predicted octanol–water partition coefficient (Wildman–Crippen LogP) is 1.71. The molecule has 0 fully saturated rings. The van der Waals surface area contributed by atoms with E-state index in [2.05, 4.69) is 6.07 Å². The molecule has 0 unspecified atom stereocenters. The molecular weight excluding hydrogens is 150 g/mol. The second-order valence-electron chi connectivity index (χ2n) is 1.98. The molecule has 0 bridgehead atoms. The number of benzene rings is 1. The third-order valence-corrected chi connectivity index (χ3v) is 1.18. The summed E-state index contributed by atoms with van der Waals surface area (Å²) in [6.07, 6.45) is 0. The van der Waals surface area contributed by atoms with Crippen molar-refractivity contribution in [2.45, 2.75) is 6.92 Å². The van der Waals surface area contributed by atoms with E-state index in [9.17, 15) is 0 Å². The van der Waals surface area contributed by atoms with Crippen molar-refractivity contribution in [1.82, 2.24) is 0 Å². The van der Waals surface area contributed by atoms with Crippen LogP contribution in [0.4, 0.5) is 0 Å². The van der Waals surface area contributed by atoms with E-state index < -0.39 is 0 Å². The monoisotopic (exact) mass is 159 g/mol. The van der Waals surface area contributed by atoms with Gasteiger partial charge in [0, 0.05) is 0 Å². The summed E-state index contributed by atoms with van der Waals surface area (Å²) in [5.41, 5.74) is 1.91. The summed E-state index contributed by atoms with van der Waals surface area (Å²) in [5, 5.41) is 8.38. The fourth-order valence-corrected chi connectivity index (χ4v) is 0.628. The second kappa shape index (κ2) is 4.73. The van der Waals surface area contributed by atoms with Gasteiger partial charge < -0.3 is 2.85 Å². The van der Waals surface area contributed by atoms with Gasteiger partial charge in [0.05, 0.1) is 11.6 Å². The minimum atomic E-state index is 0. The van der Waals surface area contributed by atoms with Crippen LogP contribution in [0.3, 0.4) is 0 Å². The second-order valence-corrected chi connectivity index (χ2v) is 1.98. The van der Waals surface area contributed by atoms with Crippen molar-refractivity contribution in [3.05, 3.63) is 35.4 Å². The first kappa shape index (κ1) is 9.97. The van der Waals surface area contributed by atoms with Crippen LogP contribution in [-0.2, 0) is 0 Å². The summed E-state index contributed by atoms with van der Waals surface area (Å²) in [6, 6.07) is 9.54. The largest absolute Gasteiger partial charge is 2.00 e. The van der Waals surface area contributed by atoms with E-state index in [1.165, 1.54) is 5.56 Å². The van der Waals surface area contributed by atoms with Gasteiger partial charge in [0.2, 0.25) is 0 Å². The van der Waals surface area contributed by atoms with Crippen LogP contribution >= 0.6 is 0 Å². The molecule has 0 N–H and O–H groups in total. The van der Waals surface area contributed by atoms with E-state index in [1.807, 2.05) is 31.2 Å². The normalized spacial score (nSPS) is 7.60.